The summed E-state index contributed by atoms with van der Waals surface area (Å²) >= 11 is 0. The molecule has 3 aromatic rings. The number of hydrogen-bond donors (Lipinski definition) is 1. The average Bonchev–Trinajstić information content (AvgIpc) is 2.83. The summed E-state index contributed by atoms with van der Waals surface area (Å²) in [7, 11) is 4.89. The number of nitrogens with one attached hydrogen (secondary N) is 1. The topological polar surface area (TPSA) is 60.0 Å². The fourth-order valence-electron chi connectivity index (χ4n) is 4.32. The van der Waals surface area contributed by atoms with Gasteiger partial charge in [-0.25, -0.2) is 0 Å². The quantitative estimate of drug-likeness (QED) is 0.603. The molecular formula is C26H28N2O4. The number of nitrogens with zero attached hydrogens (tertiary/aromatic N) is 1. The first-order valence-corrected chi connectivity index (χ1v) is 10.6. The maximum atomic E-state index is 13.0. The van der Waals surface area contributed by atoms with Crippen molar-refractivity contribution in [1.82, 2.24) is 4.90 Å². The first-order valence-electron chi connectivity index (χ1n) is 10.6. The van der Waals surface area contributed by atoms with Crippen LogP contribution >= 0.6 is 0 Å². The second-order valence-electron chi connectivity index (χ2n) is 7.69. The van der Waals surface area contributed by atoms with E-state index in [4.69, 9.17) is 14.2 Å². The Hall–Kier alpha value is -3.51. The molecule has 0 aromatic heterocycles. The van der Waals surface area contributed by atoms with E-state index in [1.807, 2.05) is 48.5 Å². The first-order chi connectivity index (χ1) is 15.6. The summed E-state index contributed by atoms with van der Waals surface area (Å²) in [6.07, 6.45) is 0.820. The second kappa shape index (κ2) is 9.75. The van der Waals surface area contributed by atoms with Crippen LogP contribution in [0.3, 0.4) is 0 Å². The van der Waals surface area contributed by atoms with Crippen molar-refractivity contribution < 1.29 is 19.0 Å². The molecule has 1 amide bonds. The zero-order chi connectivity index (χ0) is 22.5. The first kappa shape index (κ1) is 21.7. The number of amides is 1. The lowest BCUT2D eigenvalue weighted by atomic mass is 9.87. The number of anilines is 1. The van der Waals surface area contributed by atoms with E-state index in [0.717, 1.165) is 29.8 Å². The Bertz CT molecular complexity index is 1080. The largest absolute Gasteiger partial charge is 0.495 e. The van der Waals surface area contributed by atoms with Crippen molar-refractivity contribution in [1.29, 1.82) is 0 Å². The van der Waals surface area contributed by atoms with E-state index in [-0.39, 0.29) is 18.5 Å². The lowest BCUT2D eigenvalue weighted by Gasteiger charge is -2.37. The molecule has 1 aliphatic heterocycles. The van der Waals surface area contributed by atoms with Crippen LogP contribution < -0.4 is 19.5 Å². The van der Waals surface area contributed by atoms with E-state index < -0.39 is 0 Å². The third-order valence-corrected chi connectivity index (χ3v) is 5.82. The van der Waals surface area contributed by atoms with Gasteiger partial charge in [-0.2, -0.15) is 0 Å². The summed E-state index contributed by atoms with van der Waals surface area (Å²) in [6, 6.07) is 21.7. The van der Waals surface area contributed by atoms with Crippen molar-refractivity contribution >= 4 is 11.6 Å². The van der Waals surface area contributed by atoms with Gasteiger partial charge in [0.25, 0.3) is 0 Å². The summed E-state index contributed by atoms with van der Waals surface area (Å²) in [5, 5.41) is 3.00. The molecule has 166 valence electrons. The van der Waals surface area contributed by atoms with Gasteiger partial charge in [-0.1, -0.05) is 42.5 Å². The van der Waals surface area contributed by atoms with E-state index in [1.54, 1.807) is 21.3 Å². The van der Waals surface area contributed by atoms with Crippen LogP contribution in [0, 0.1) is 0 Å². The van der Waals surface area contributed by atoms with Gasteiger partial charge in [0.05, 0.1) is 39.6 Å². The molecule has 6 nitrogen and oxygen atoms in total. The van der Waals surface area contributed by atoms with Gasteiger partial charge >= 0.3 is 0 Å². The third kappa shape index (κ3) is 4.41. The minimum atomic E-state index is -0.0839. The van der Waals surface area contributed by atoms with Crippen molar-refractivity contribution in [3.8, 4) is 17.2 Å². The van der Waals surface area contributed by atoms with Gasteiger partial charge in [-0.3, -0.25) is 9.69 Å². The lowest BCUT2D eigenvalue weighted by Crippen LogP contribution is -2.41. The molecule has 1 heterocycles. The van der Waals surface area contributed by atoms with Crippen molar-refractivity contribution in [3.05, 3.63) is 83.4 Å². The molecule has 0 saturated heterocycles. The van der Waals surface area contributed by atoms with Crippen molar-refractivity contribution in [2.75, 3.05) is 39.7 Å². The Morgan fingerprint density at radius 3 is 2.28 bits per heavy atom. The maximum Gasteiger partial charge on any atom is 0.238 e. The number of benzene rings is 3. The highest BCUT2D eigenvalue weighted by Crippen LogP contribution is 2.40. The van der Waals surface area contributed by atoms with Crippen molar-refractivity contribution in [3.63, 3.8) is 0 Å². The highest BCUT2D eigenvalue weighted by atomic mass is 16.5. The monoisotopic (exact) mass is 432 g/mol. The number of ether oxygens (including phenoxy) is 3. The van der Waals surface area contributed by atoms with Gasteiger partial charge in [0, 0.05) is 6.54 Å². The Labute approximate surface area is 188 Å². The molecule has 0 spiro atoms. The van der Waals surface area contributed by atoms with E-state index >= 15 is 0 Å². The van der Waals surface area contributed by atoms with E-state index in [9.17, 15) is 4.79 Å². The number of para-hydroxylation sites is 2. The van der Waals surface area contributed by atoms with Crippen LogP contribution in [0.2, 0.25) is 0 Å². The molecule has 0 bridgehead atoms. The highest BCUT2D eigenvalue weighted by molar-refractivity contribution is 5.93. The Balaban J connectivity index is 1.65. The molecule has 0 unspecified atom stereocenters. The zero-order valence-electron chi connectivity index (χ0n) is 18.6. The van der Waals surface area contributed by atoms with Crippen molar-refractivity contribution in [2.45, 2.75) is 12.5 Å². The standard InChI is InChI=1S/C26H28N2O4/c1-30-22-12-8-7-11-21(22)27-25(29)17-28-14-13-19-15-23(31-2)24(32-3)16-20(19)26(28)18-9-5-4-6-10-18/h4-12,15-16,26H,13-14,17H2,1-3H3,(H,27,29)/t26-/m0/s1. The lowest BCUT2D eigenvalue weighted by molar-refractivity contribution is -0.117. The number of carbonyl (C=O) groups is 1. The molecule has 0 aliphatic carbocycles. The summed E-state index contributed by atoms with van der Waals surface area (Å²) < 4.78 is 16.4. The smallest absolute Gasteiger partial charge is 0.238 e. The predicted molar refractivity (Wildman–Crippen MR) is 125 cm³/mol. The number of rotatable bonds is 7. The van der Waals surface area contributed by atoms with Gasteiger partial charge < -0.3 is 19.5 Å². The number of carbonyl (C=O) groups excluding carboxylic acids is 1. The molecule has 6 heteroatoms. The molecule has 1 N–H and O–H groups in total. The highest BCUT2D eigenvalue weighted by Gasteiger charge is 2.31. The molecule has 1 atom stereocenters. The van der Waals surface area contributed by atoms with Gasteiger partial charge in [-0.05, 0) is 47.4 Å². The third-order valence-electron chi connectivity index (χ3n) is 5.82. The fraction of sp³-hybridized carbons (Fsp3) is 0.269. The van der Waals surface area contributed by atoms with Crippen LogP contribution in [-0.4, -0.2) is 45.2 Å². The summed E-state index contributed by atoms with van der Waals surface area (Å²) in [6.45, 7) is 1.01. The molecule has 32 heavy (non-hydrogen) atoms. The minimum absolute atomic E-state index is 0.0665. The Morgan fingerprint density at radius 1 is 0.906 bits per heavy atom. The average molecular weight is 433 g/mol. The van der Waals surface area contributed by atoms with Gasteiger partial charge in [0.1, 0.15) is 5.75 Å². The molecule has 3 aromatic carbocycles. The van der Waals surface area contributed by atoms with Crippen molar-refractivity contribution in [2.24, 2.45) is 0 Å². The van der Waals surface area contributed by atoms with Gasteiger partial charge in [0.2, 0.25) is 5.91 Å². The van der Waals surface area contributed by atoms with E-state index in [2.05, 4.69) is 28.4 Å². The normalized spacial score (nSPS) is 15.5. The van der Waals surface area contributed by atoms with Gasteiger partial charge in [-0.15, -0.1) is 0 Å². The van der Waals surface area contributed by atoms with Crippen LogP contribution in [0.15, 0.2) is 66.7 Å². The minimum Gasteiger partial charge on any atom is -0.495 e. The predicted octanol–water partition coefficient (Wildman–Crippen LogP) is 4.30. The van der Waals surface area contributed by atoms with Crippen LogP contribution in [0.1, 0.15) is 22.7 Å². The summed E-state index contributed by atoms with van der Waals surface area (Å²) in [5.41, 5.74) is 4.13. The van der Waals surface area contributed by atoms with E-state index in [1.165, 1.54) is 5.56 Å². The van der Waals surface area contributed by atoms with Gasteiger partial charge in [0.15, 0.2) is 11.5 Å². The molecule has 1 aliphatic rings. The molecular weight excluding hydrogens is 404 g/mol. The van der Waals surface area contributed by atoms with Crippen LogP contribution in [0.25, 0.3) is 0 Å². The molecule has 0 saturated carbocycles. The van der Waals surface area contributed by atoms with Crippen LogP contribution in [0.4, 0.5) is 5.69 Å². The second-order valence-corrected chi connectivity index (χ2v) is 7.69. The summed E-state index contributed by atoms with van der Waals surface area (Å²) in [5.74, 6) is 1.97. The Kier molecular flexibility index (Phi) is 6.61. The number of fused-ring (bicyclic) bond motifs is 1. The summed E-state index contributed by atoms with van der Waals surface area (Å²) in [4.78, 5) is 15.2. The number of methoxy groups -OCH3 is 3. The maximum absolute atomic E-state index is 13.0. The fourth-order valence-corrected chi connectivity index (χ4v) is 4.32. The van der Waals surface area contributed by atoms with Crippen LogP contribution in [0.5, 0.6) is 17.2 Å². The number of hydrogen-bond acceptors (Lipinski definition) is 5. The molecule has 0 radical (unpaired) electrons. The molecule has 4 rings (SSSR count). The Morgan fingerprint density at radius 2 is 1.56 bits per heavy atom. The van der Waals surface area contributed by atoms with Crippen LogP contribution in [-0.2, 0) is 11.2 Å². The SMILES string of the molecule is COc1ccccc1NC(=O)CN1CCc2cc(OC)c(OC)cc2[C@@H]1c1ccccc1. The molecule has 0 fully saturated rings. The zero-order valence-corrected chi connectivity index (χ0v) is 18.6. The van der Waals surface area contributed by atoms with E-state index in [0.29, 0.717) is 17.2 Å².